The molecule has 1 N–H and O–H groups in total. The zero-order valence-electron chi connectivity index (χ0n) is 16.9. The van der Waals surface area contributed by atoms with Gasteiger partial charge in [-0.05, 0) is 42.8 Å². The van der Waals surface area contributed by atoms with Crippen molar-refractivity contribution in [3.63, 3.8) is 0 Å². The molecule has 154 valence electrons. The summed E-state index contributed by atoms with van der Waals surface area (Å²) in [6, 6.07) is 17.1. The minimum absolute atomic E-state index is 0.250. The number of aromatic nitrogens is 1. The number of pyridine rings is 1. The quantitative estimate of drug-likeness (QED) is 0.634. The molecule has 1 aliphatic heterocycles. The number of nitrogens with zero attached hydrogens (tertiary/aromatic N) is 3. The lowest BCUT2D eigenvalue weighted by molar-refractivity contribution is 0.256. The number of carbonyl (C=O) groups is 1. The van der Waals surface area contributed by atoms with Crippen LogP contribution in [0, 0.1) is 6.92 Å². The number of ether oxygens (including phenoxy) is 1. The molecule has 2 amide bonds. The summed E-state index contributed by atoms with van der Waals surface area (Å²) in [7, 11) is 1.56. The van der Waals surface area contributed by atoms with Crippen molar-refractivity contribution in [2.24, 2.45) is 0 Å². The van der Waals surface area contributed by atoms with Gasteiger partial charge >= 0.3 is 6.03 Å². The van der Waals surface area contributed by atoms with Crippen LogP contribution in [0.2, 0.25) is 5.02 Å². The lowest BCUT2D eigenvalue weighted by atomic mass is 10.1. The van der Waals surface area contributed by atoms with Gasteiger partial charge in [-0.2, -0.15) is 0 Å². The van der Waals surface area contributed by atoms with Crippen LogP contribution in [0.15, 0.2) is 60.8 Å². The molecule has 0 bridgehead atoms. The molecule has 4 rings (SSSR count). The Labute approximate surface area is 181 Å². The highest BCUT2D eigenvalue weighted by Gasteiger charge is 2.28. The van der Waals surface area contributed by atoms with Crippen LogP contribution in [0.25, 0.3) is 0 Å². The van der Waals surface area contributed by atoms with Crippen LogP contribution in [0.4, 0.5) is 22.0 Å². The van der Waals surface area contributed by atoms with Crippen molar-refractivity contribution in [2.75, 3.05) is 35.3 Å². The summed E-state index contributed by atoms with van der Waals surface area (Å²) in [4.78, 5) is 21.5. The number of hydrogen-bond donors (Lipinski definition) is 1. The van der Waals surface area contributed by atoms with Crippen LogP contribution >= 0.6 is 11.6 Å². The number of amides is 2. The van der Waals surface area contributed by atoms with Gasteiger partial charge in [0, 0.05) is 30.9 Å². The fraction of sp³-hybridized carbons (Fsp3) is 0.217. The van der Waals surface area contributed by atoms with E-state index < -0.39 is 0 Å². The molecule has 6 nitrogen and oxygen atoms in total. The highest BCUT2D eigenvalue weighted by molar-refractivity contribution is 6.31. The standard InChI is InChI=1S/C23H23ClN4O2/c1-16-5-7-17(8-6-16)15-27-12-13-28(20-4-3-11-25-22(20)27)23(29)26-19-14-18(24)9-10-21(19)30-2/h3-11,14H,12-13,15H2,1-2H3,(H,26,29). The fourth-order valence-electron chi connectivity index (χ4n) is 3.53. The van der Waals surface area contributed by atoms with E-state index in [4.69, 9.17) is 16.3 Å². The highest BCUT2D eigenvalue weighted by Crippen LogP contribution is 2.33. The van der Waals surface area contributed by atoms with Gasteiger partial charge in [0.15, 0.2) is 5.82 Å². The summed E-state index contributed by atoms with van der Waals surface area (Å²) in [5.41, 5.74) is 3.74. The maximum atomic E-state index is 13.1. The Morgan fingerprint density at radius 1 is 1.17 bits per heavy atom. The Morgan fingerprint density at radius 3 is 2.73 bits per heavy atom. The van der Waals surface area contributed by atoms with Crippen LogP contribution in [-0.2, 0) is 6.54 Å². The predicted octanol–water partition coefficient (Wildman–Crippen LogP) is 5.11. The van der Waals surface area contributed by atoms with Crippen molar-refractivity contribution in [1.29, 1.82) is 0 Å². The van der Waals surface area contributed by atoms with E-state index in [1.165, 1.54) is 11.1 Å². The second-order valence-corrected chi connectivity index (χ2v) is 7.62. The van der Waals surface area contributed by atoms with Gasteiger partial charge in [-0.1, -0.05) is 41.4 Å². The molecule has 1 aromatic heterocycles. The van der Waals surface area contributed by atoms with Gasteiger partial charge in [0.1, 0.15) is 5.75 Å². The lowest BCUT2D eigenvalue weighted by Crippen LogP contribution is -2.46. The number of halogens is 1. The molecule has 0 radical (unpaired) electrons. The number of benzene rings is 2. The van der Waals surface area contributed by atoms with E-state index in [9.17, 15) is 4.79 Å². The number of anilines is 3. The predicted molar refractivity (Wildman–Crippen MR) is 121 cm³/mol. The van der Waals surface area contributed by atoms with Gasteiger partial charge in [-0.25, -0.2) is 9.78 Å². The van der Waals surface area contributed by atoms with Crippen LogP contribution in [0.1, 0.15) is 11.1 Å². The van der Waals surface area contributed by atoms with Crippen molar-refractivity contribution in [3.05, 3.63) is 76.9 Å². The van der Waals surface area contributed by atoms with Gasteiger partial charge in [0.25, 0.3) is 0 Å². The molecule has 0 spiro atoms. The van der Waals surface area contributed by atoms with Crippen LogP contribution in [0.3, 0.4) is 0 Å². The minimum atomic E-state index is -0.250. The molecule has 0 atom stereocenters. The lowest BCUT2D eigenvalue weighted by Gasteiger charge is -2.36. The molecule has 0 saturated heterocycles. The van der Waals surface area contributed by atoms with Crippen LogP contribution in [-0.4, -0.2) is 31.2 Å². The number of rotatable bonds is 4. The molecule has 0 unspecified atom stereocenters. The zero-order chi connectivity index (χ0) is 21.1. The molecule has 3 aromatic rings. The van der Waals surface area contributed by atoms with E-state index in [1.54, 1.807) is 36.4 Å². The van der Waals surface area contributed by atoms with Crippen molar-refractivity contribution < 1.29 is 9.53 Å². The van der Waals surface area contributed by atoms with Crippen LogP contribution in [0.5, 0.6) is 5.75 Å². The van der Waals surface area contributed by atoms with E-state index in [0.29, 0.717) is 29.5 Å². The smallest absolute Gasteiger partial charge is 0.326 e. The summed E-state index contributed by atoms with van der Waals surface area (Å²) in [6.07, 6.45) is 1.75. The third-order valence-electron chi connectivity index (χ3n) is 5.09. The minimum Gasteiger partial charge on any atom is -0.495 e. The summed E-state index contributed by atoms with van der Waals surface area (Å²) in [6.45, 7) is 4.03. The Bertz CT molecular complexity index is 1060. The zero-order valence-corrected chi connectivity index (χ0v) is 17.7. The van der Waals surface area contributed by atoms with E-state index in [2.05, 4.69) is 46.4 Å². The first-order valence-corrected chi connectivity index (χ1v) is 10.1. The summed E-state index contributed by atoms with van der Waals surface area (Å²) >= 11 is 6.09. The van der Waals surface area contributed by atoms with Gasteiger partial charge in [0.2, 0.25) is 0 Å². The number of hydrogen-bond acceptors (Lipinski definition) is 4. The maximum absolute atomic E-state index is 13.1. The highest BCUT2D eigenvalue weighted by atomic mass is 35.5. The second kappa shape index (κ2) is 8.63. The Balaban J connectivity index is 1.57. The number of carbonyl (C=O) groups excluding carboxylic acids is 1. The van der Waals surface area contributed by atoms with Gasteiger partial charge in [-0.15, -0.1) is 0 Å². The number of aryl methyl sites for hydroxylation is 1. The van der Waals surface area contributed by atoms with E-state index in [-0.39, 0.29) is 6.03 Å². The third-order valence-corrected chi connectivity index (χ3v) is 5.33. The van der Waals surface area contributed by atoms with E-state index >= 15 is 0 Å². The van der Waals surface area contributed by atoms with Gasteiger partial charge in [-0.3, -0.25) is 4.90 Å². The molecule has 2 heterocycles. The molecule has 7 heteroatoms. The van der Waals surface area contributed by atoms with E-state index in [1.807, 2.05) is 12.1 Å². The summed E-state index contributed by atoms with van der Waals surface area (Å²) in [5.74, 6) is 1.34. The molecule has 30 heavy (non-hydrogen) atoms. The normalized spacial score (nSPS) is 13.0. The Hall–Kier alpha value is -3.25. The first-order valence-electron chi connectivity index (χ1n) is 9.73. The first kappa shape index (κ1) is 20.0. The summed E-state index contributed by atoms with van der Waals surface area (Å²) in [5, 5.41) is 3.44. The average molecular weight is 423 g/mol. The second-order valence-electron chi connectivity index (χ2n) is 7.18. The van der Waals surface area contributed by atoms with Crippen molar-refractivity contribution in [3.8, 4) is 5.75 Å². The number of urea groups is 1. The molecule has 0 saturated carbocycles. The molecular formula is C23H23ClN4O2. The Morgan fingerprint density at radius 2 is 1.97 bits per heavy atom. The third kappa shape index (κ3) is 4.19. The number of fused-ring (bicyclic) bond motifs is 1. The largest absolute Gasteiger partial charge is 0.495 e. The van der Waals surface area contributed by atoms with Crippen molar-refractivity contribution in [1.82, 2.24) is 4.98 Å². The molecule has 0 fully saturated rings. The molecule has 0 aliphatic carbocycles. The van der Waals surface area contributed by atoms with Crippen LogP contribution < -0.4 is 19.9 Å². The molecular weight excluding hydrogens is 400 g/mol. The summed E-state index contributed by atoms with van der Waals surface area (Å²) < 4.78 is 5.34. The monoisotopic (exact) mass is 422 g/mol. The SMILES string of the molecule is COc1ccc(Cl)cc1NC(=O)N1CCN(Cc2ccc(C)cc2)c2ncccc21. The van der Waals surface area contributed by atoms with Gasteiger partial charge < -0.3 is 15.0 Å². The fourth-order valence-corrected chi connectivity index (χ4v) is 3.70. The topological polar surface area (TPSA) is 57.7 Å². The Kier molecular flexibility index (Phi) is 5.77. The van der Waals surface area contributed by atoms with Crippen molar-refractivity contribution >= 4 is 34.8 Å². The average Bonchev–Trinajstić information content (AvgIpc) is 2.75. The first-order chi connectivity index (χ1) is 14.5. The number of methoxy groups -OCH3 is 1. The van der Waals surface area contributed by atoms with Gasteiger partial charge in [0.05, 0.1) is 18.5 Å². The van der Waals surface area contributed by atoms with Crippen molar-refractivity contribution in [2.45, 2.75) is 13.5 Å². The maximum Gasteiger partial charge on any atom is 0.326 e. The van der Waals surface area contributed by atoms with E-state index in [0.717, 1.165) is 18.1 Å². The molecule has 2 aromatic carbocycles. The number of nitrogens with one attached hydrogen (secondary N) is 1. The molecule has 1 aliphatic rings.